The Morgan fingerprint density at radius 2 is 1.76 bits per heavy atom. The summed E-state index contributed by atoms with van der Waals surface area (Å²) in [6, 6.07) is 8.58. The number of anilines is 1. The molecular formula is C18H29IN4O2. The van der Waals surface area contributed by atoms with Gasteiger partial charge in [-0.3, -0.25) is 0 Å². The predicted octanol–water partition coefficient (Wildman–Crippen LogP) is 1.66. The quantitative estimate of drug-likeness (QED) is 0.406. The molecule has 0 radical (unpaired) electrons. The Hall–Kier alpha value is -1.06. The molecule has 1 aromatic rings. The lowest BCUT2D eigenvalue weighted by Crippen LogP contribution is -2.44. The molecule has 140 valence electrons. The third-order valence-corrected chi connectivity index (χ3v) is 4.93. The number of guanidine groups is 1. The molecule has 7 heteroatoms. The van der Waals surface area contributed by atoms with E-state index in [9.17, 15) is 5.11 Å². The van der Waals surface area contributed by atoms with Gasteiger partial charge in [-0.25, -0.2) is 4.99 Å². The Balaban J connectivity index is 0.00000225. The molecule has 2 aliphatic heterocycles. The molecule has 0 saturated carbocycles. The molecule has 0 unspecified atom stereocenters. The number of rotatable bonds is 4. The largest absolute Gasteiger partial charge is 0.396 e. The molecule has 2 saturated heterocycles. The average molecular weight is 460 g/mol. The fourth-order valence-corrected chi connectivity index (χ4v) is 3.25. The first-order chi connectivity index (χ1) is 11.8. The standard InChI is InChI=1S/C18H28N4O2.HI/c19-18(22-9-11-24-12-10-22)20-13-15-1-3-17(4-2-15)21-7-5-16(14-23)6-8-21;/h1-4,16,23H,5-14H2,(H2,19,20);1H. The first kappa shape index (κ1) is 20.3. The number of aliphatic hydroxyl groups is 1. The molecule has 0 spiro atoms. The van der Waals surface area contributed by atoms with E-state index < -0.39 is 0 Å². The van der Waals surface area contributed by atoms with Crippen LogP contribution in [0.2, 0.25) is 0 Å². The van der Waals surface area contributed by atoms with E-state index >= 15 is 0 Å². The van der Waals surface area contributed by atoms with Gasteiger partial charge in [-0.2, -0.15) is 0 Å². The lowest BCUT2D eigenvalue weighted by atomic mass is 9.97. The van der Waals surface area contributed by atoms with Crippen molar-refractivity contribution in [2.24, 2.45) is 16.6 Å². The number of halogens is 1. The van der Waals surface area contributed by atoms with Gasteiger partial charge in [0.25, 0.3) is 0 Å². The van der Waals surface area contributed by atoms with Gasteiger partial charge in [0.1, 0.15) is 0 Å². The summed E-state index contributed by atoms with van der Waals surface area (Å²) in [6.45, 7) is 6.04. The van der Waals surface area contributed by atoms with Crippen molar-refractivity contribution >= 4 is 35.6 Å². The van der Waals surface area contributed by atoms with Crippen molar-refractivity contribution in [3.8, 4) is 0 Å². The molecule has 0 aliphatic carbocycles. The van der Waals surface area contributed by atoms with E-state index in [-0.39, 0.29) is 24.0 Å². The summed E-state index contributed by atoms with van der Waals surface area (Å²) in [7, 11) is 0. The third-order valence-electron chi connectivity index (χ3n) is 4.93. The van der Waals surface area contributed by atoms with Crippen molar-refractivity contribution in [1.82, 2.24) is 4.90 Å². The highest BCUT2D eigenvalue weighted by molar-refractivity contribution is 14.0. The van der Waals surface area contributed by atoms with Crippen molar-refractivity contribution in [1.29, 1.82) is 0 Å². The van der Waals surface area contributed by atoms with Gasteiger partial charge in [-0.15, -0.1) is 24.0 Å². The summed E-state index contributed by atoms with van der Waals surface area (Å²) in [5.74, 6) is 1.08. The van der Waals surface area contributed by atoms with Crippen LogP contribution in [0, 0.1) is 5.92 Å². The van der Waals surface area contributed by atoms with Gasteiger partial charge in [-0.05, 0) is 36.5 Å². The van der Waals surface area contributed by atoms with Crippen LogP contribution in [-0.2, 0) is 11.3 Å². The summed E-state index contributed by atoms with van der Waals surface area (Å²) >= 11 is 0. The number of aliphatic imine (C=N–C) groups is 1. The van der Waals surface area contributed by atoms with Gasteiger partial charge in [0.2, 0.25) is 0 Å². The van der Waals surface area contributed by atoms with Crippen LogP contribution in [0.25, 0.3) is 0 Å². The van der Waals surface area contributed by atoms with E-state index in [1.807, 2.05) is 0 Å². The van der Waals surface area contributed by atoms with Gasteiger partial charge in [-0.1, -0.05) is 12.1 Å². The first-order valence-electron chi connectivity index (χ1n) is 8.83. The highest BCUT2D eigenvalue weighted by atomic mass is 127. The number of benzene rings is 1. The SMILES string of the molecule is I.NC(=NCc1ccc(N2CCC(CO)CC2)cc1)N1CCOCC1. The Kier molecular flexibility index (Phi) is 8.25. The van der Waals surface area contributed by atoms with E-state index in [1.165, 1.54) is 11.3 Å². The Labute approximate surface area is 167 Å². The maximum absolute atomic E-state index is 9.23. The molecule has 3 rings (SSSR count). The van der Waals surface area contributed by atoms with Crippen LogP contribution >= 0.6 is 24.0 Å². The normalized spacial score (nSPS) is 19.6. The van der Waals surface area contributed by atoms with E-state index in [1.54, 1.807) is 0 Å². The highest BCUT2D eigenvalue weighted by Crippen LogP contribution is 2.23. The minimum absolute atomic E-state index is 0. The summed E-state index contributed by atoms with van der Waals surface area (Å²) < 4.78 is 5.33. The number of hydrogen-bond acceptors (Lipinski definition) is 4. The fraction of sp³-hybridized carbons (Fsp3) is 0.611. The molecular weight excluding hydrogens is 431 g/mol. The van der Waals surface area contributed by atoms with Crippen molar-refractivity contribution in [3.63, 3.8) is 0 Å². The second-order valence-electron chi connectivity index (χ2n) is 6.55. The molecule has 2 heterocycles. The molecule has 3 N–H and O–H groups in total. The zero-order valence-electron chi connectivity index (χ0n) is 14.6. The van der Waals surface area contributed by atoms with Crippen molar-refractivity contribution in [2.45, 2.75) is 19.4 Å². The molecule has 0 amide bonds. The predicted molar refractivity (Wildman–Crippen MR) is 112 cm³/mol. The highest BCUT2D eigenvalue weighted by Gasteiger charge is 2.18. The number of morpholine rings is 1. The van der Waals surface area contributed by atoms with E-state index in [0.717, 1.165) is 52.2 Å². The topological polar surface area (TPSA) is 74.3 Å². The maximum Gasteiger partial charge on any atom is 0.191 e. The monoisotopic (exact) mass is 460 g/mol. The zero-order chi connectivity index (χ0) is 16.8. The molecule has 1 aromatic carbocycles. The molecule has 6 nitrogen and oxygen atoms in total. The molecule has 2 fully saturated rings. The molecule has 0 bridgehead atoms. The zero-order valence-corrected chi connectivity index (χ0v) is 17.0. The van der Waals surface area contributed by atoms with E-state index in [2.05, 4.69) is 39.1 Å². The van der Waals surface area contributed by atoms with Crippen molar-refractivity contribution < 1.29 is 9.84 Å². The second kappa shape index (κ2) is 10.2. The number of nitrogens with zero attached hydrogens (tertiary/aromatic N) is 3. The summed E-state index contributed by atoms with van der Waals surface area (Å²) in [4.78, 5) is 8.97. The Morgan fingerprint density at radius 1 is 1.12 bits per heavy atom. The summed E-state index contributed by atoms with van der Waals surface area (Å²) in [5, 5.41) is 9.23. The van der Waals surface area contributed by atoms with Crippen LogP contribution in [0.15, 0.2) is 29.3 Å². The number of nitrogens with two attached hydrogens (primary N) is 1. The van der Waals surface area contributed by atoms with Gasteiger partial charge < -0.3 is 25.4 Å². The van der Waals surface area contributed by atoms with Crippen LogP contribution in [0.3, 0.4) is 0 Å². The van der Waals surface area contributed by atoms with Crippen molar-refractivity contribution in [3.05, 3.63) is 29.8 Å². The van der Waals surface area contributed by atoms with Gasteiger partial charge >= 0.3 is 0 Å². The van der Waals surface area contributed by atoms with Crippen molar-refractivity contribution in [2.75, 3.05) is 50.9 Å². The fourth-order valence-electron chi connectivity index (χ4n) is 3.25. The van der Waals surface area contributed by atoms with E-state index in [0.29, 0.717) is 25.0 Å². The lowest BCUT2D eigenvalue weighted by Gasteiger charge is -2.33. The summed E-state index contributed by atoms with van der Waals surface area (Å²) in [5.41, 5.74) is 8.48. The number of ether oxygens (including phenoxy) is 1. The lowest BCUT2D eigenvalue weighted by molar-refractivity contribution is 0.0674. The van der Waals surface area contributed by atoms with E-state index in [4.69, 9.17) is 10.5 Å². The van der Waals surface area contributed by atoms with Gasteiger partial charge in [0.15, 0.2) is 5.96 Å². The number of piperidine rings is 1. The van der Waals surface area contributed by atoms with Crippen LogP contribution in [0.4, 0.5) is 5.69 Å². The maximum atomic E-state index is 9.23. The summed E-state index contributed by atoms with van der Waals surface area (Å²) in [6.07, 6.45) is 2.14. The minimum atomic E-state index is 0. The average Bonchev–Trinajstić information content (AvgIpc) is 2.67. The second-order valence-corrected chi connectivity index (χ2v) is 6.55. The number of hydrogen-bond donors (Lipinski definition) is 2. The Morgan fingerprint density at radius 3 is 2.36 bits per heavy atom. The molecule has 25 heavy (non-hydrogen) atoms. The minimum Gasteiger partial charge on any atom is -0.396 e. The molecule has 0 aromatic heterocycles. The van der Waals surface area contributed by atoms with Gasteiger partial charge in [0.05, 0.1) is 19.8 Å². The third kappa shape index (κ3) is 5.72. The first-order valence-corrected chi connectivity index (χ1v) is 8.83. The smallest absolute Gasteiger partial charge is 0.191 e. The van der Waals surface area contributed by atoms with Crippen LogP contribution < -0.4 is 10.6 Å². The molecule has 2 aliphatic rings. The van der Waals surface area contributed by atoms with Gasteiger partial charge in [0, 0.05) is 38.5 Å². The molecule has 0 atom stereocenters. The number of aliphatic hydroxyl groups excluding tert-OH is 1. The van der Waals surface area contributed by atoms with Crippen LogP contribution in [0.1, 0.15) is 18.4 Å². The van der Waals surface area contributed by atoms with Crippen LogP contribution in [0.5, 0.6) is 0 Å². The Bertz CT molecular complexity index is 539. The van der Waals surface area contributed by atoms with Crippen LogP contribution in [-0.4, -0.2) is 62.0 Å².